The molecule has 2 aromatic carbocycles. The van der Waals surface area contributed by atoms with E-state index in [0.29, 0.717) is 23.3 Å². The molecule has 0 amide bonds. The second-order valence-corrected chi connectivity index (χ2v) is 6.71. The zero-order chi connectivity index (χ0) is 18.6. The first-order valence-corrected chi connectivity index (χ1v) is 8.27. The van der Waals surface area contributed by atoms with Crippen LogP contribution in [0.4, 0.5) is 0 Å². The summed E-state index contributed by atoms with van der Waals surface area (Å²) in [4.78, 5) is 12.6. The predicted octanol–water partition coefficient (Wildman–Crippen LogP) is 3.39. The summed E-state index contributed by atoms with van der Waals surface area (Å²) < 4.78 is 11.7. The van der Waals surface area contributed by atoms with E-state index < -0.39 is 6.10 Å². The molecular weight excluding hydrogens is 336 g/mol. The van der Waals surface area contributed by atoms with Crippen molar-refractivity contribution in [2.75, 3.05) is 0 Å². The molecule has 6 heteroatoms. The normalized spacial score (nSPS) is 20.7. The number of phenols is 3. The van der Waals surface area contributed by atoms with Crippen LogP contribution in [0.15, 0.2) is 36.4 Å². The maximum absolute atomic E-state index is 12.6. The highest BCUT2D eigenvalue weighted by Gasteiger charge is 2.36. The van der Waals surface area contributed by atoms with Crippen LogP contribution in [0.5, 0.6) is 28.7 Å². The lowest BCUT2D eigenvalue weighted by Gasteiger charge is -2.27. The maximum atomic E-state index is 12.6. The lowest BCUT2D eigenvalue weighted by atomic mass is 9.92. The van der Waals surface area contributed by atoms with Gasteiger partial charge in [0.1, 0.15) is 35.0 Å². The standard InChI is InChI=1S/C20H18O6/c1-9(2)15-6-11-17(25-15)8-18-19(20(11)24)14(23)7-16(26-18)10-3-4-12(21)13(22)5-10/h3-5,8,15-16,21-22,24H,1,6-7H2,2H3/t15-,16+/m1/s1. The number of aromatic hydroxyl groups is 3. The van der Waals surface area contributed by atoms with E-state index in [1.807, 2.05) is 6.92 Å². The Morgan fingerprint density at radius 1 is 1.08 bits per heavy atom. The van der Waals surface area contributed by atoms with Crippen molar-refractivity contribution in [3.63, 3.8) is 0 Å². The largest absolute Gasteiger partial charge is 0.507 e. The number of Topliss-reactive ketones (excluding diaryl/α,β-unsaturated/α-hetero) is 1. The third-order valence-corrected chi connectivity index (χ3v) is 4.83. The first-order chi connectivity index (χ1) is 12.3. The van der Waals surface area contributed by atoms with E-state index >= 15 is 0 Å². The number of ketones is 1. The summed E-state index contributed by atoms with van der Waals surface area (Å²) in [5, 5.41) is 29.7. The van der Waals surface area contributed by atoms with Crippen LogP contribution in [-0.4, -0.2) is 27.2 Å². The molecule has 0 bridgehead atoms. The van der Waals surface area contributed by atoms with Gasteiger partial charge in [-0.2, -0.15) is 0 Å². The molecule has 2 aromatic rings. The average molecular weight is 354 g/mol. The summed E-state index contributed by atoms with van der Waals surface area (Å²) in [6, 6.07) is 5.91. The second kappa shape index (κ2) is 5.69. The Bertz CT molecular complexity index is 946. The molecule has 0 spiro atoms. The first kappa shape index (κ1) is 16.3. The SMILES string of the molecule is C=C(C)[C@H]1Cc2c(cc3c(c2O)C(=O)C[C@@H](c2ccc(O)c(O)c2)O3)O1. The van der Waals surface area contributed by atoms with Crippen molar-refractivity contribution in [3.8, 4) is 28.7 Å². The summed E-state index contributed by atoms with van der Waals surface area (Å²) >= 11 is 0. The van der Waals surface area contributed by atoms with E-state index in [0.717, 1.165) is 5.57 Å². The number of carbonyl (C=O) groups excluding carboxylic acids is 1. The molecule has 2 atom stereocenters. The monoisotopic (exact) mass is 354 g/mol. The first-order valence-electron chi connectivity index (χ1n) is 8.27. The number of fused-ring (bicyclic) bond motifs is 2. The molecule has 2 heterocycles. The molecule has 2 aliphatic heterocycles. The Labute approximate surface area is 149 Å². The zero-order valence-electron chi connectivity index (χ0n) is 14.2. The van der Waals surface area contributed by atoms with Crippen molar-refractivity contribution in [1.82, 2.24) is 0 Å². The van der Waals surface area contributed by atoms with Gasteiger partial charge in [0.25, 0.3) is 0 Å². The lowest BCUT2D eigenvalue weighted by molar-refractivity contribution is 0.0844. The van der Waals surface area contributed by atoms with Crippen molar-refractivity contribution >= 4 is 5.78 Å². The summed E-state index contributed by atoms with van der Waals surface area (Å²) in [6.45, 7) is 5.73. The summed E-state index contributed by atoms with van der Waals surface area (Å²) in [6.07, 6.45) is -0.377. The highest BCUT2D eigenvalue weighted by atomic mass is 16.5. The Balaban J connectivity index is 1.73. The minimum Gasteiger partial charge on any atom is -0.507 e. The van der Waals surface area contributed by atoms with Crippen LogP contribution in [0, 0.1) is 0 Å². The van der Waals surface area contributed by atoms with Crippen molar-refractivity contribution in [3.05, 3.63) is 53.1 Å². The molecular formula is C20H18O6. The van der Waals surface area contributed by atoms with Gasteiger partial charge in [-0.05, 0) is 30.2 Å². The fraction of sp³-hybridized carbons (Fsp3) is 0.250. The molecule has 0 aromatic heterocycles. The topological polar surface area (TPSA) is 96.2 Å². The van der Waals surface area contributed by atoms with Crippen LogP contribution in [0.25, 0.3) is 0 Å². The van der Waals surface area contributed by atoms with Gasteiger partial charge in [0.05, 0.1) is 6.42 Å². The van der Waals surface area contributed by atoms with Crippen molar-refractivity contribution in [1.29, 1.82) is 0 Å². The van der Waals surface area contributed by atoms with Crippen molar-refractivity contribution in [2.24, 2.45) is 0 Å². The average Bonchev–Trinajstić information content (AvgIpc) is 3.01. The smallest absolute Gasteiger partial charge is 0.174 e. The van der Waals surface area contributed by atoms with Crippen molar-refractivity contribution < 1.29 is 29.6 Å². The van der Waals surface area contributed by atoms with Crippen LogP contribution in [0.1, 0.15) is 40.9 Å². The highest BCUT2D eigenvalue weighted by molar-refractivity contribution is 6.03. The molecule has 3 N–H and O–H groups in total. The number of phenolic OH excluding ortho intramolecular Hbond substituents is 3. The van der Waals surface area contributed by atoms with Crippen molar-refractivity contribution in [2.45, 2.75) is 32.0 Å². The Morgan fingerprint density at radius 3 is 2.54 bits per heavy atom. The van der Waals surface area contributed by atoms with Gasteiger partial charge < -0.3 is 24.8 Å². The van der Waals surface area contributed by atoms with E-state index in [-0.39, 0.29) is 46.9 Å². The van der Waals surface area contributed by atoms with E-state index in [4.69, 9.17) is 9.47 Å². The Hall–Kier alpha value is -3.15. The zero-order valence-corrected chi connectivity index (χ0v) is 14.2. The van der Waals surface area contributed by atoms with Crippen LogP contribution < -0.4 is 9.47 Å². The van der Waals surface area contributed by atoms with Gasteiger partial charge in [-0.15, -0.1) is 0 Å². The highest BCUT2D eigenvalue weighted by Crippen LogP contribution is 2.48. The predicted molar refractivity (Wildman–Crippen MR) is 93.1 cm³/mol. The quantitative estimate of drug-likeness (QED) is 0.565. The number of carbonyl (C=O) groups is 1. The molecule has 0 saturated carbocycles. The number of hydrogen-bond acceptors (Lipinski definition) is 6. The van der Waals surface area contributed by atoms with E-state index in [2.05, 4.69) is 6.58 Å². The molecule has 0 radical (unpaired) electrons. The van der Waals surface area contributed by atoms with Crippen LogP contribution >= 0.6 is 0 Å². The van der Waals surface area contributed by atoms with Gasteiger partial charge in [0.15, 0.2) is 17.3 Å². The number of ether oxygens (including phenoxy) is 2. The lowest BCUT2D eigenvalue weighted by Crippen LogP contribution is -2.20. The van der Waals surface area contributed by atoms with E-state index in [9.17, 15) is 20.1 Å². The van der Waals surface area contributed by atoms with Gasteiger partial charge in [-0.1, -0.05) is 12.6 Å². The molecule has 6 nitrogen and oxygen atoms in total. The summed E-state index contributed by atoms with van der Waals surface area (Å²) in [5.74, 6) is -0.144. The number of hydrogen-bond donors (Lipinski definition) is 3. The van der Waals surface area contributed by atoms with E-state index in [1.54, 1.807) is 12.1 Å². The minimum atomic E-state index is -0.628. The molecule has 0 fully saturated rings. The minimum absolute atomic E-state index is 0.0222. The number of benzene rings is 2. The van der Waals surface area contributed by atoms with Gasteiger partial charge in [-0.3, -0.25) is 4.79 Å². The molecule has 2 aliphatic rings. The maximum Gasteiger partial charge on any atom is 0.174 e. The third kappa shape index (κ3) is 2.45. The fourth-order valence-electron chi connectivity index (χ4n) is 3.37. The molecule has 0 saturated heterocycles. The molecule has 0 unspecified atom stereocenters. The van der Waals surface area contributed by atoms with Crippen LogP contribution in [-0.2, 0) is 6.42 Å². The summed E-state index contributed by atoms with van der Waals surface area (Å²) in [7, 11) is 0. The molecule has 0 aliphatic carbocycles. The Kier molecular flexibility index (Phi) is 3.57. The molecule has 134 valence electrons. The van der Waals surface area contributed by atoms with Gasteiger partial charge in [0.2, 0.25) is 0 Å². The van der Waals surface area contributed by atoms with Crippen LogP contribution in [0.3, 0.4) is 0 Å². The second-order valence-electron chi connectivity index (χ2n) is 6.71. The van der Waals surface area contributed by atoms with Gasteiger partial charge in [0, 0.05) is 18.1 Å². The molecule has 4 rings (SSSR count). The third-order valence-electron chi connectivity index (χ3n) is 4.83. The van der Waals surface area contributed by atoms with Gasteiger partial charge >= 0.3 is 0 Å². The number of rotatable bonds is 2. The van der Waals surface area contributed by atoms with Crippen LogP contribution in [0.2, 0.25) is 0 Å². The summed E-state index contributed by atoms with van der Waals surface area (Å²) in [5.41, 5.74) is 2.15. The Morgan fingerprint density at radius 2 is 1.85 bits per heavy atom. The fourth-order valence-corrected chi connectivity index (χ4v) is 3.37. The van der Waals surface area contributed by atoms with Gasteiger partial charge in [-0.25, -0.2) is 0 Å². The molecule has 26 heavy (non-hydrogen) atoms. The van der Waals surface area contributed by atoms with E-state index in [1.165, 1.54) is 12.1 Å².